The van der Waals surface area contributed by atoms with Crippen LogP contribution in [0.3, 0.4) is 0 Å². The molecular weight excluding hydrogens is 421 g/mol. The lowest BCUT2D eigenvalue weighted by Crippen LogP contribution is -2.47. The van der Waals surface area contributed by atoms with E-state index >= 15 is 0 Å². The van der Waals surface area contributed by atoms with Crippen molar-refractivity contribution in [2.75, 3.05) is 16.2 Å². The topological polar surface area (TPSA) is 75.7 Å². The van der Waals surface area contributed by atoms with E-state index in [1.165, 1.54) is 23.4 Å². The Kier molecular flexibility index (Phi) is 5.48. The minimum Gasteiger partial charge on any atom is -0.406 e. The molecule has 1 heterocycles. The minimum atomic E-state index is -4.83. The second-order valence-corrected chi connectivity index (χ2v) is 9.62. The molecule has 6 nitrogen and oxygen atoms in total. The number of halogens is 3. The minimum absolute atomic E-state index is 0.0736. The van der Waals surface area contributed by atoms with Gasteiger partial charge < -0.3 is 10.1 Å². The number of nitrogens with zero attached hydrogens (tertiary/aromatic N) is 1. The molecule has 0 saturated carbocycles. The maximum absolute atomic E-state index is 13.3. The number of carbonyl (C=O) groups excluding carboxylic acids is 1. The molecule has 3 rings (SSSR count). The molecule has 10 heteroatoms. The van der Waals surface area contributed by atoms with E-state index < -0.39 is 32.8 Å². The summed E-state index contributed by atoms with van der Waals surface area (Å²) in [6.07, 6.45) is -4.75. The van der Waals surface area contributed by atoms with Crippen molar-refractivity contribution in [1.29, 1.82) is 0 Å². The van der Waals surface area contributed by atoms with E-state index in [1.807, 2.05) is 6.07 Å². The van der Waals surface area contributed by atoms with Crippen LogP contribution >= 0.6 is 0 Å². The number of hydrogen-bond donors (Lipinski definition) is 1. The number of hydrogen-bond acceptors (Lipinski definition) is 4. The van der Waals surface area contributed by atoms with E-state index in [2.05, 4.69) is 10.1 Å². The Hall–Kier alpha value is -2.75. The lowest BCUT2D eigenvalue weighted by atomic mass is 10.1. The smallest absolute Gasteiger partial charge is 0.406 e. The molecule has 162 valence electrons. The Labute approximate surface area is 172 Å². The Balaban J connectivity index is 1.82. The van der Waals surface area contributed by atoms with Crippen molar-refractivity contribution in [1.82, 2.24) is 0 Å². The fraction of sp³-hybridized carbons (Fsp3) is 0.350. The van der Waals surface area contributed by atoms with Crippen LogP contribution in [0, 0.1) is 13.8 Å². The van der Waals surface area contributed by atoms with Crippen molar-refractivity contribution in [2.45, 2.75) is 38.3 Å². The molecule has 0 spiro atoms. The van der Waals surface area contributed by atoms with Crippen molar-refractivity contribution < 1.29 is 31.1 Å². The molecule has 1 aliphatic rings. The van der Waals surface area contributed by atoms with Gasteiger partial charge in [-0.1, -0.05) is 18.2 Å². The third-order valence-electron chi connectivity index (χ3n) is 5.17. The van der Waals surface area contributed by atoms with Crippen molar-refractivity contribution in [3.05, 3.63) is 53.6 Å². The number of benzene rings is 2. The highest BCUT2D eigenvalue weighted by molar-refractivity contribution is 7.95. The van der Waals surface area contributed by atoms with Gasteiger partial charge in [-0.05, 0) is 62.6 Å². The van der Waals surface area contributed by atoms with Crippen LogP contribution in [-0.2, 0) is 14.8 Å². The van der Waals surface area contributed by atoms with Gasteiger partial charge in [0.2, 0.25) is 15.9 Å². The van der Waals surface area contributed by atoms with E-state index in [-0.39, 0.29) is 18.7 Å². The monoisotopic (exact) mass is 442 g/mol. The highest BCUT2D eigenvalue weighted by Crippen LogP contribution is 2.40. The lowest BCUT2D eigenvalue weighted by Gasteiger charge is -2.27. The summed E-state index contributed by atoms with van der Waals surface area (Å²) in [5.74, 6) is -1.19. The van der Waals surface area contributed by atoms with Crippen LogP contribution in [0.5, 0.6) is 5.75 Å². The van der Waals surface area contributed by atoms with Crippen LogP contribution in [0.2, 0.25) is 0 Å². The van der Waals surface area contributed by atoms with Gasteiger partial charge in [-0.2, -0.15) is 0 Å². The Morgan fingerprint density at radius 3 is 2.20 bits per heavy atom. The van der Waals surface area contributed by atoms with E-state index in [0.717, 1.165) is 23.3 Å². The maximum Gasteiger partial charge on any atom is 0.573 e. The summed E-state index contributed by atoms with van der Waals surface area (Å²) in [6, 6.07) is 9.95. The largest absolute Gasteiger partial charge is 0.573 e. The predicted molar refractivity (Wildman–Crippen MR) is 107 cm³/mol. The molecule has 1 fully saturated rings. The lowest BCUT2D eigenvalue weighted by molar-refractivity contribution is -0.274. The Morgan fingerprint density at radius 1 is 1.10 bits per heavy atom. The first kappa shape index (κ1) is 21.9. The third kappa shape index (κ3) is 3.96. The number of carbonyl (C=O) groups is 1. The van der Waals surface area contributed by atoms with Gasteiger partial charge in [0.1, 0.15) is 5.75 Å². The highest BCUT2D eigenvalue weighted by Gasteiger charge is 2.55. The van der Waals surface area contributed by atoms with E-state index in [1.54, 1.807) is 26.0 Å². The molecule has 30 heavy (non-hydrogen) atoms. The normalized spacial score (nSPS) is 20.8. The predicted octanol–water partition coefficient (Wildman–Crippen LogP) is 4.14. The van der Waals surface area contributed by atoms with E-state index in [4.69, 9.17) is 0 Å². The average molecular weight is 442 g/mol. The molecule has 0 bridgehead atoms. The van der Waals surface area contributed by atoms with Crippen LogP contribution in [0.1, 0.15) is 24.5 Å². The zero-order valence-corrected chi connectivity index (χ0v) is 17.4. The highest BCUT2D eigenvalue weighted by atomic mass is 32.2. The van der Waals surface area contributed by atoms with Gasteiger partial charge in [-0.3, -0.25) is 9.10 Å². The second-order valence-electron chi connectivity index (χ2n) is 7.32. The van der Waals surface area contributed by atoms with E-state index in [9.17, 15) is 26.4 Å². The van der Waals surface area contributed by atoms with Crippen molar-refractivity contribution in [2.24, 2.45) is 0 Å². The number of ether oxygens (including phenoxy) is 1. The summed E-state index contributed by atoms with van der Waals surface area (Å²) in [5, 5.41) is 2.49. The fourth-order valence-electron chi connectivity index (χ4n) is 3.47. The maximum atomic E-state index is 13.3. The molecular formula is C20H21F3N2O4S. The first-order chi connectivity index (χ1) is 13.8. The fourth-order valence-corrected chi connectivity index (χ4v) is 5.45. The number of nitrogens with one attached hydrogen (secondary N) is 1. The quantitative estimate of drug-likeness (QED) is 0.772. The summed E-state index contributed by atoms with van der Waals surface area (Å²) < 4.78 is 66.7. The van der Waals surface area contributed by atoms with Gasteiger partial charge in [-0.25, -0.2) is 8.42 Å². The molecule has 1 saturated heterocycles. The van der Waals surface area contributed by atoms with Crippen molar-refractivity contribution >= 4 is 27.3 Å². The molecule has 2 aromatic rings. The Morgan fingerprint density at radius 2 is 1.67 bits per heavy atom. The number of rotatable bonds is 4. The number of aryl methyl sites for hydroxylation is 2. The molecule has 1 aliphatic heterocycles. The number of alkyl halides is 3. The summed E-state index contributed by atoms with van der Waals surface area (Å²) in [7, 11) is -4.03. The molecule has 0 aromatic heterocycles. The molecule has 1 N–H and O–H groups in total. The molecule has 2 aromatic carbocycles. The van der Waals surface area contributed by atoms with Crippen molar-refractivity contribution in [3.63, 3.8) is 0 Å². The van der Waals surface area contributed by atoms with Gasteiger partial charge >= 0.3 is 6.36 Å². The van der Waals surface area contributed by atoms with Gasteiger partial charge in [0, 0.05) is 12.2 Å². The SMILES string of the molecule is Cc1cccc(C)c1N1CC[C@@](C)(C(=O)Nc2ccc(OC(F)(F)F)cc2)S1(=O)=O. The van der Waals surface area contributed by atoms with Gasteiger partial charge in [0.15, 0.2) is 4.75 Å². The average Bonchev–Trinajstić information content (AvgIpc) is 2.87. The van der Waals surface area contributed by atoms with Crippen molar-refractivity contribution in [3.8, 4) is 5.75 Å². The molecule has 0 unspecified atom stereocenters. The number of sulfonamides is 1. The van der Waals surface area contributed by atoms with Crippen LogP contribution in [0.4, 0.5) is 24.5 Å². The van der Waals surface area contributed by atoms with Crippen LogP contribution in [-0.4, -0.2) is 32.0 Å². The van der Waals surface area contributed by atoms with E-state index in [0.29, 0.717) is 5.69 Å². The van der Waals surface area contributed by atoms with Gasteiger partial charge in [0.25, 0.3) is 0 Å². The zero-order chi connectivity index (χ0) is 22.3. The zero-order valence-electron chi connectivity index (χ0n) is 16.6. The van der Waals surface area contributed by atoms with Crippen LogP contribution < -0.4 is 14.4 Å². The van der Waals surface area contributed by atoms with Gasteiger partial charge in [0.05, 0.1) is 5.69 Å². The summed E-state index contributed by atoms with van der Waals surface area (Å²) in [6.45, 7) is 5.11. The molecule has 0 aliphatic carbocycles. The number of amides is 1. The number of para-hydroxylation sites is 1. The van der Waals surface area contributed by atoms with Crippen LogP contribution in [0.25, 0.3) is 0 Å². The standard InChI is InChI=1S/C20H21F3N2O4S/c1-13-5-4-6-14(2)17(13)25-12-11-19(3,30(25,27)28)18(26)24-15-7-9-16(10-8-15)29-20(21,22)23/h4-10H,11-12H2,1-3H3,(H,24,26)/t19-/m0/s1. The summed E-state index contributed by atoms with van der Waals surface area (Å²) in [5.41, 5.74) is 2.28. The van der Waals surface area contributed by atoms with Gasteiger partial charge in [-0.15, -0.1) is 13.2 Å². The molecule has 1 amide bonds. The molecule has 1 atom stereocenters. The Bertz CT molecular complexity index is 1050. The summed E-state index contributed by atoms with van der Waals surface area (Å²) >= 11 is 0. The first-order valence-corrected chi connectivity index (χ1v) is 10.5. The summed E-state index contributed by atoms with van der Waals surface area (Å²) in [4.78, 5) is 12.9. The second kappa shape index (κ2) is 7.50. The van der Waals surface area contributed by atoms with Crippen LogP contribution in [0.15, 0.2) is 42.5 Å². The molecule has 0 radical (unpaired) electrons. The number of anilines is 2. The third-order valence-corrected chi connectivity index (χ3v) is 7.64. The first-order valence-electron chi connectivity index (χ1n) is 9.11.